The Balaban J connectivity index is 1.19. The van der Waals surface area contributed by atoms with E-state index in [1.54, 1.807) is 18.3 Å². The Morgan fingerprint density at radius 3 is 2.85 bits per heavy atom. The summed E-state index contributed by atoms with van der Waals surface area (Å²) in [6, 6.07) is 7.10. The first kappa shape index (κ1) is 31.3. The molecule has 0 bridgehead atoms. The average Bonchev–Trinajstić information content (AvgIpc) is 3.80. The Labute approximate surface area is 284 Å². The summed E-state index contributed by atoms with van der Waals surface area (Å²) in [5.74, 6) is -0.0697. The van der Waals surface area contributed by atoms with E-state index < -0.39 is 17.5 Å². The first-order valence-corrected chi connectivity index (χ1v) is 17.6. The van der Waals surface area contributed by atoms with Gasteiger partial charge in [-0.1, -0.05) is 11.6 Å². The minimum absolute atomic E-state index is 0.0228. The van der Waals surface area contributed by atoms with E-state index in [1.807, 2.05) is 24.4 Å². The summed E-state index contributed by atoms with van der Waals surface area (Å²) in [6.07, 6.45) is 4.94. The van der Waals surface area contributed by atoms with E-state index in [9.17, 15) is 9.18 Å². The third-order valence-electron chi connectivity index (χ3n) is 10.1. The van der Waals surface area contributed by atoms with Crippen molar-refractivity contribution in [1.29, 1.82) is 0 Å². The van der Waals surface area contributed by atoms with E-state index in [4.69, 9.17) is 27.1 Å². The summed E-state index contributed by atoms with van der Waals surface area (Å²) in [7, 11) is 0. The van der Waals surface area contributed by atoms with E-state index in [1.165, 1.54) is 16.0 Å². The number of hydrogen-bond acceptors (Lipinski definition) is 10. The van der Waals surface area contributed by atoms with Crippen LogP contribution in [0.25, 0.3) is 32.2 Å². The number of thiophene rings is 1. The van der Waals surface area contributed by atoms with E-state index in [0.717, 1.165) is 36.2 Å². The van der Waals surface area contributed by atoms with Gasteiger partial charge in [0.1, 0.15) is 29.9 Å². The number of benzene rings is 1. The number of alkyl halides is 1. The minimum Gasteiger partial charge on any atom is -0.461 e. The van der Waals surface area contributed by atoms with Crippen molar-refractivity contribution in [3.05, 3.63) is 52.4 Å². The monoisotopic (exact) mass is 692 g/mol. The molecule has 3 aliphatic heterocycles. The van der Waals surface area contributed by atoms with Gasteiger partial charge >= 0.3 is 6.01 Å². The maximum absolute atomic E-state index is 16.9. The molecule has 14 heteroatoms. The van der Waals surface area contributed by atoms with Crippen molar-refractivity contribution >= 4 is 61.6 Å². The van der Waals surface area contributed by atoms with Gasteiger partial charge in [0, 0.05) is 60.1 Å². The Hall–Kier alpha value is -3.94. The fourth-order valence-corrected chi connectivity index (χ4v) is 8.93. The number of hydrogen-bond donors (Lipinski definition) is 1. The van der Waals surface area contributed by atoms with Gasteiger partial charge < -0.3 is 15.4 Å². The molecule has 0 radical (unpaired) electrons. The van der Waals surface area contributed by atoms with Gasteiger partial charge in [0.25, 0.3) is 0 Å². The molecule has 1 unspecified atom stereocenters. The van der Waals surface area contributed by atoms with Crippen LogP contribution in [0.3, 0.4) is 0 Å². The topological polar surface area (TPSA) is 115 Å². The van der Waals surface area contributed by atoms with Crippen LogP contribution in [0.4, 0.5) is 20.4 Å². The highest BCUT2D eigenvalue weighted by Gasteiger charge is 2.49. The molecule has 0 saturated carbocycles. The largest absolute Gasteiger partial charge is 0.461 e. The zero-order valence-electron chi connectivity index (χ0n) is 26.5. The lowest BCUT2D eigenvalue weighted by atomic mass is 9.95. The number of rotatable bonds is 6. The molecule has 4 aromatic heterocycles. The van der Waals surface area contributed by atoms with Gasteiger partial charge in [-0.15, -0.1) is 11.3 Å². The number of pyridine rings is 1. The lowest BCUT2D eigenvalue weighted by Gasteiger charge is -2.31. The smallest absolute Gasteiger partial charge is 0.319 e. The van der Waals surface area contributed by atoms with Crippen molar-refractivity contribution < 1.29 is 18.3 Å². The minimum atomic E-state index is -0.911. The van der Waals surface area contributed by atoms with Crippen molar-refractivity contribution in [2.24, 2.45) is 5.92 Å². The van der Waals surface area contributed by atoms with Gasteiger partial charge in [-0.3, -0.25) is 9.69 Å². The van der Waals surface area contributed by atoms with Crippen LogP contribution in [0, 0.1) is 18.7 Å². The van der Waals surface area contributed by atoms with Crippen molar-refractivity contribution in [3.63, 3.8) is 0 Å². The molecule has 8 rings (SSSR count). The van der Waals surface area contributed by atoms with Crippen LogP contribution in [0.1, 0.15) is 49.0 Å². The molecule has 3 atom stereocenters. The number of aromatic nitrogens is 5. The number of anilines is 2. The molecule has 1 aromatic carbocycles. The zero-order chi connectivity index (χ0) is 33.2. The van der Waals surface area contributed by atoms with Gasteiger partial charge in [-0.25, -0.2) is 18.4 Å². The van der Waals surface area contributed by atoms with E-state index in [0.29, 0.717) is 67.0 Å². The first-order valence-electron chi connectivity index (χ1n) is 16.4. The van der Waals surface area contributed by atoms with Crippen LogP contribution in [-0.2, 0) is 0 Å². The van der Waals surface area contributed by atoms with Crippen molar-refractivity contribution in [3.8, 4) is 17.1 Å². The zero-order valence-corrected chi connectivity index (χ0v) is 28.0. The maximum atomic E-state index is 16.9. The number of nitrogens with two attached hydrogens (primary N) is 1. The normalized spacial score (nSPS) is 23.2. The second-order valence-electron chi connectivity index (χ2n) is 13.2. The van der Waals surface area contributed by atoms with E-state index in [2.05, 4.69) is 24.9 Å². The van der Waals surface area contributed by atoms with Crippen LogP contribution in [-0.4, -0.2) is 80.0 Å². The molecule has 3 fully saturated rings. The number of aryl methyl sites for hydroxylation is 1. The molecule has 2 N–H and O–H groups in total. The average molecular weight is 693 g/mol. The number of carbonyl (C=O) groups excluding carboxylic acids is 1. The summed E-state index contributed by atoms with van der Waals surface area (Å²) < 4.78 is 40.0. The fourth-order valence-electron chi connectivity index (χ4n) is 7.75. The van der Waals surface area contributed by atoms with Gasteiger partial charge in [0.15, 0.2) is 5.82 Å². The molecule has 0 amide bonds. The lowest BCUT2D eigenvalue weighted by Crippen LogP contribution is -2.43. The lowest BCUT2D eigenvalue weighted by molar-refractivity contribution is 0.0806. The Morgan fingerprint density at radius 1 is 1.15 bits per heavy atom. The number of halogens is 3. The van der Waals surface area contributed by atoms with Crippen LogP contribution < -0.4 is 15.4 Å². The highest BCUT2D eigenvalue weighted by atomic mass is 35.5. The molecule has 7 heterocycles. The third kappa shape index (κ3) is 5.45. The third-order valence-corrected chi connectivity index (χ3v) is 11.3. The molecule has 250 valence electrons. The van der Waals surface area contributed by atoms with Gasteiger partial charge in [-0.05, 0) is 69.8 Å². The number of fused-ring (bicyclic) bond motifs is 3. The number of nitrogens with zero attached hydrogens (tertiary/aromatic N) is 7. The summed E-state index contributed by atoms with van der Waals surface area (Å²) in [4.78, 5) is 31.4. The Morgan fingerprint density at radius 2 is 2.02 bits per heavy atom. The maximum Gasteiger partial charge on any atom is 0.319 e. The van der Waals surface area contributed by atoms with Crippen LogP contribution in [0.15, 0.2) is 35.8 Å². The second-order valence-corrected chi connectivity index (χ2v) is 14.5. The molecule has 10 nitrogen and oxygen atoms in total. The second kappa shape index (κ2) is 12.2. The predicted molar refractivity (Wildman–Crippen MR) is 183 cm³/mol. The molecule has 3 aliphatic rings. The van der Waals surface area contributed by atoms with Crippen LogP contribution in [0.2, 0.25) is 5.02 Å². The highest BCUT2D eigenvalue weighted by Crippen LogP contribution is 2.44. The summed E-state index contributed by atoms with van der Waals surface area (Å²) >= 11 is 8.31. The van der Waals surface area contributed by atoms with Gasteiger partial charge in [-0.2, -0.15) is 15.1 Å². The quantitative estimate of drug-likeness (QED) is 0.208. The summed E-state index contributed by atoms with van der Waals surface area (Å²) in [5.41, 5.74) is 7.68. The van der Waals surface area contributed by atoms with Gasteiger partial charge in [0.2, 0.25) is 5.91 Å². The molecule has 0 aliphatic carbocycles. The van der Waals surface area contributed by atoms with Gasteiger partial charge in [0.05, 0.1) is 26.5 Å². The number of nitrogen functional groups attached to an aromatic ring is 1. The van der Waals surface area contributed by atoms with Crippen LogP contribution >= 0.6 is 22.9 Å². The SMILES string of the molecule is Cc1ccn(C(=O)C2CCCN(c3nc(OC[C@@]45CCCN4C[C@H](F)C5)nc4c(F)c(-c5csc6ccc(N)nc56)c(Cl)cc34)CC2)n1. The Bertz CT molecular complexity index is 2050. The van der Waals surface area contributed by atoms with Crippen LogP contribution in [0.5, 0.6) is 6.01 Å². The molecular weight excluding hydrogens is 658 g/mol. The summed E-state index contributed by atoms with van der Waals surface area (Å²) in [6.45, 7) is 4.37. The van der Waals surface area contributed by atoms with E-state index in [-0.39, 0.29) is 40.5 Å². The molecule has 5 aromatic rings. The molecule has 3 saturated heterocycles. The first-order chi connectivity index (χ1) is 23.2. The fraction of sp³-hybridized carbons (Fsp3) is 0.441. The molecule has 48 heavy (non-hydrogen) atoms. The van der Waals surface area contributed by atoms with Crippen molar-refractivity contribution in [1.82, 2.24) is 29.6 Å². The summed E-state index contributed by atoms with van der Waals surface area (Å²) in [5, 5.41) is 6.78. The highest BCUT2D eigenvalue weighted by molar-refractivity contribution is 7.17. The molecular formula is C34H35ClF2N8O2S. The van der Waals surface area contributed by atoms with E-state index >= 15 is 4.39 Å². The predicted octanol–water partition coefficient (Wildman–Crippen LogP) is 6.69. The van der Waals surface area contributed by atoms with Crippen molar-refractivity contribution in [2.45, 2.75) is 57.2 Å². The standard InChI is InChI=1S/C34H35ClF2N8O2S/c1-19-7-13-45(42-19)32(46)20-4-2-10-43(12-8-20)31-22-14-24(35)27(23-17-48-25-5-6-26(38)39-29(23)25)28(37)30(22)40-33(41-31)47-18-34-9-3-11-44(34)16-21(36)15-34/h5-7,13-14,17,20-21H,2-4,8-12,15-16,18H2,1H3,(H2,38,39)/t20?,21-,34+/m1/s1. The van der Waals surface area contributed by atoms with Crippen molar-refractivity contribution in [2.75, 3.05) is 43.4 Å². The number of ether oxygens (including phenoxy) is 1. The Kier molecular flexibility index (Phi) is 7.96. The molecule has 0 spiro atoms. The number of carbonyl (C=O) groups is 1.